The molecule has 1 aromatic heterocycles. The first kappa shape index (κ1) is 15.2. The number of H-pyrrole nitrogens is 1. The van der Waals surface area contributed by atoms with E-state index in [4.69, 9.17) is 22.1 Å². The van der Waals surface area contributed by atoms with E-state index >= 15 is 0 Å². The molecule has 3 N–H and O–H groups in total. The number of nitrogens with one attached hydrogen (secondary N) is 1. The first-order valence-electron chi connectivity index (χ1n) is 6.31. The van der Waals surface area contributed by atoms with Crippen LogP contribution >= 0.6 is 11.6 Å². The highest BCUT2D eigenvalue weighted by atomic mass is 35.5. The van der Waals surface area contributed by atoms with Crippen molar-refractivity contribution in [3.8, 4) is 11.9 Å². The third-order valence-corrected chi connectivity index (χ3v) is 3.68. The lowest BCUT2D eigenvalue weighted by Gasteiger charge is -2.24. The molecule has 0 spiro atoms. The van der Waals surface area contributed by atoms with Crippen molar-refractivity contribution in [1.82, 2.24) is 10.2 Å². The molecule has 118 valence electrons. The molecule has 1 unspecified atom stereocenters. The van der Waals surface area contributed by atoms with Crippen LogP contribution in [0, 0.1) is 11.3 Å². The Morgan fingerprint density at radius 3 is 2.52 bits per heavy atom. The average molecular weight is 341 g/mol. The highest BCUT2D eigenvalue weighted by Crippen LogP contribution is 2.46. The molecule has 1 atom stereocenters. The Hall–Kier alpha value is -2.66. The number of ether oxygens (including phenoxy) is 1. The molecule has 1 aromatic carbocycles. The zero-order chi connectivity index (χ0) is 16.8. The van der Waals surface area contributed by atoms with Gasteiger partial charge in [0.05, 0.1) is 11.5 Å². The molecule has 2 heterocycles. The Morgan fingerprint density at radius 2 is 1.96 bits per heavy atom. The topological polar surface area (TPSA) is 87.7 Å². The van der Waals surface area contributed by atoms with E-state index in [2.05, 4.69) is 5.10 Å². The van der Waals surface area contributed by atoms with E-state index in [-0.39, 0.29) is 22.9 Å². The Balaban J connectivity index is 2.26. The second kappa shape index (κ2) is 5.21. The van der Waals surface area contributed by atoms with E-state index < -0.39 is 17.8 Å². The van der Waals surface area contributed by atoms with Crippen molar-refractivity contribution in [3.05, 3.63) is 57.6 Å². The van der Waals surface area contributed by atoms with Crippen LogP contribution in [0.4, 0.5) is 13.2 Å². The molecule has 5 nitrogen and oxygen atoms in total. The maximum atomic E-state index is 13.2. The van der Waals surface area contributed by atoms with Gasteiger partial charge in [0.1, 0.15) is 17.3 Å². The van der Waals surface area contributed by atoms with Gasteiger partial charge in [-0.15, -0.1) is 5.10 Å². The fourth-order valence-electron chi connectivity index (χ4n) is 2.45. The van der Waals surface area contributed by atoms with Gasteiger partial charge in [0, 0.05) is 5.02 Å². The molecular formula is C14H8ClF3N4O. The summed E-state index contributed by atoms with van der Waals surface area (Å²) in [6, 6.07) is 7.91. The largest absolute Gasteiger partial charge is 0.433 e. The molecule has 0 aliphatic carbocycles. The minimum atomic E-state index is -4.68. The van der Waals surface area contributed by atoms with Crippen molar-refractivity contribution in [3.63, 3.8) is 0 Å². The van der Waals surface area contributed by atoms with Crippen molar-refractivity contribution in [2.75, 3.05) is 0 Å². The highest BCUT2D eigenvalue weighted by molar-refractivity contribution is 6.30. The summed E-state index contributed by atoms with van der Waals surface area (Å²) in [6.07, 6.45) is -4.68. The van der Waals surface area contributed by atoms with Gasteiger partial charge < -0.3 is 10.5 Å². The molecular weight excluding hydrogens is 333 g/mol. The summed E-state index contributed by atoms with van der Waals surface area (Å²) < 4.78 is 44.7. The van der Waals surface area contributed by atoms with Crippen molar-refractivity contribution in [1.29, 1.82) is 5.26 Å². The Morgan fingerprint density at radius 1 is 1.30 bits per heavy atom. The SMILES string of the molecule is N#CC1=C(N)Oc2n[nH]c(C(F)(F)F)c2C1c1ccc(Cl)cc1. The number of hydrogen-bond donors (Lipinski definition) is 2. The van der Waals surface area contributed by atoms with Crippen LogP contribution in [0.25, 0.3) is 0 Å². The first-order valence-corrected chi connectivity index (χ1v) is 6.69. The van der Waals surface area contributed by atoms with Crippen molar-refractivity contribution >= 4 is 11.6 Å². The van der Waals surface area contributed by atoms with E-state index in [9.17, 15) is 18.4 Å². The van der Waals surface area contributed by atoms with Crippen LogP contribution in [0.5, 0.6) is 5.88 Å². The van der Waals surface area contributed by atoms with Crippen LogP contribution in [0.3, 0.4) is 0 Å². The monoisotopic (exact) mass is 340 g/mol. The van der Waals surface area contributed by atoms with Gasteiger partial charge >= 0.3 is 6.18 Å². The molecule has 9 heteroatoms. The zero-order valence-electron chi connectivity index (χ0n) is 11.3. The average Bonchev–Trinajstić information content (AvgIpc) is 2.90. The Kier molecular flexibility index (Phi) is 3.45. The van der Waals surface area contributed by atoms with Gasteiger partial charge in [-0.05, 0) is 17.7 Å². The summed E-state index contributed by atoms with van der Waals surface area (Å²) in [5, 5.41) is 15.1. The van der Waals surface area contributed by atoms with E-state index in [1.165, 1.54) is 24.3 Å². The first-order chi connectivity index (χ1) is 10.8. The number of rotatable bonds is 1. The summed E-state index contributed by atoms with van der Waals surface area (Å²) in [5.41, 5.74) is 4.61. The van der Waals surface area contributed by atoms with Crippen LogP contribution in [0.1, 0.15) is 22.7 Å². The fraction of sp³-hybridized carbons (Fsp3) is 0.143. The second-order valence-corrected chi connectivity index (χ2v) is 5.23. The molecule has 23 heavy (non-hydrogen) atoms. The molecule has 0 saturated heterocycles. The lowest BCUT2D eigenvalue weighted by atomic mass is 9.84. The number of fused-ring (bicyclic) bond motifs is 1. The summed E-state index contributed by atoms with van der Waals surface area (Å²) in [4.78, 5) is 0. The van der Waals surface area contributed by atoms with Crippen molar-refractivity contribution < 1.29 is 17.9 Å². The number of allylic oxidation sites excluding steroid dienone is 1. The molecule has 0 fully saturated rings. The number of aromatic nitrogens is 2. The predicted octanol–water partition coefficient (Wildman–Crippen LogP) is 3.30. The molecule has 0 bridgehead atoms. The van der Waals surface area contributed by atoms with E-state index in [1.54, 1.807) is 0 Å². The number of hydrogen-bond acceptors (Lipinski definition) is 4. The van der Waals surface area contributed by atoms with E-state index in [0.717, 1.165) is 0 Å². The maximum Gasteiger partial charge on any atom is 0.433 e. The Labute approximate surface area is 133 Å². The Bertz CT molecular complexity index is 833. The van der Waals surface area contributed by atoms with Crippen molar-refractivity contribution in [2.24, 2.45) is 5.73 Å². The van der Waals surface area contributed by atoms with Gasteiger partial charge in [0.2, 0.25) is 11.8 Å². The number of nitrogens with zero attached hydrogens (tertiary/aromatic N) is 2. The third kappa shape index (κ3) is 2.49. The minimum absolute atomic E-state index is 0.119. The second-order valence-electron chi connectivity index (χ2n) is 4.79. The van der Waals surface area contributed by atoms with Gasteiger partial charge in [-0.1, -0.05) is 23.7 Å². The predicted molar refractivity (Wildman–Crippen MR) is 74.3 cm³/mol. The highest BCUT2D eigenvalue weighted by Gasteiger charge is 2.44. The van der Waals surface area contributed by atoms with Gasteiger partial charge in [0.15, 0.2) is 0 Å². The zero-order valence-corrected chi connectivity index (χ0v) is 12.0. The third-order valence-electron chi connectivity index (χ3n) is 3.43. The normalized spacial score (nSPS) is 17.4. The van der Waals surface area contributed by atoms with Crippen LogP contribution in [0.2, 0.25) is 5.02 Å². The molecule has 1 aliphatic rings. The number of alkyl halides is 3. The molecule has 0 amide bonds. The lowest BCUT2D eigenvalue weighted by molar-refractivity contribution is -0.141. The number of halogens is 4. The number of nitriles is 1. The quantitative estimate of drug-likeness (QED) is 0.833. The van der Waals surface area contributed by atoms with Crippen LogP contribution in [-0.2, 0) is 6.18 Å². The standard InChI is InChI=1S/C14H8ClF3N4O/c15-7-3-1-6(2-4-7)9-8(5-19)12(20)23-13-10(9)11(21-22-13)14(16,17)18/h1-4,9H,20H2,(H,21,22). The molecule has 1 aliphatic heterocycles. The summed E-state index contributed by atoms with van der Waals surface area (Å²) >= 11 is 5.81. The van der Waals surface area contributed by atoms with Gasteiger partial charge in [-0.2, -0.15) is 18.4 Å². The minimum Gasteiger partial charge on any atom is -0.420 e. The molecule has 0 radical (unpaired) electrons. The van der Waals surface area contributed by atoms with Crippen LogP contribution in [-0.4, -0.2) is 10.2 Å². The van der Waals surface area contributed by atoms with Gasteiger partial charge in [0.25, 0.3) is 0 Å². The van der Waals surface area contributed by atoms with Crippen LogP contribution < -0.4 is 10.5 Å². The van der Waals surface area contributed by atoms with Gasteiger partial charge in [-0.25, -0.2) is 0 Å². The molecule has 0 saturated carbocycles. The summed E-state index contributed by atoms with van der Waals surface area (Å²) in [7, 11) is 0. The van der Waals surface area contributed by atoms with Crippen molar-refractivity contribution in [2.45, 2.75) is 12.1 Å². The number of benzene rings is 1. The smallest absolute Gasteiger partial charge is 0.420 e. The lowest BCUT2D eigenvalue weighted by Crippen LogP contribution is -2.22. The van der Waals surface area contributed by atoms with E-state index in [1.807, 2.05) is 11.2 Å². The molecule has 3 rings (SSSR count). The maximum absolute atomic E-state index is 13.2. The summed E-state index contributed by atoms with van der Waals surface area (Å²) in [5.74, 6) is -1.62. The fourth-order valence-corrected chi connectivity index (χ4v) is 2.58. The van der Waals surface area contributed by atoms with Crippen LogP contribution in [0.15, 0.2) is 35.7 Å². The number of aromatic amines is 1. The van der Waals surface area contributed by atoms with Gasteiger partial charge in [-0.3, -0.25) is 5.10 Å². The summed E-state index contributed by atoms with van der Waals surface area (Å²) in [6.45, 7) is 0. The molecule has 2 aromatic rings. The number of nitrogens with two attached hydrogens (primary N) is 1. The van der Waals surface area contributed by atoms with E-state index in [0.29, 0.717) is 10.6 Å².